The Hall–Kier alpha value is -0.120. The average Bonchev–Trinajstić information content (AvgIpc) is 2.46. The molecular weight excluding hydrogens is 246 g/mol. The van der Waals surface area contributed by atoms with Crippen LogP contribution in [-0.4, -0.2) is 60.6 Å². The first-order valence-corrected chi connectivity index (χ1v) is 8.85. The first-order chi connectivity index (χ1) is 9.63. The highest BCUT2D eigenvalue weighted by Crippen LogP contribution is 2.23. The van der Waals surface area contributed by atoms with Gasteiger partial charge in [0.15, 0.2) is 0 Å². The Morgan fingerprint density at radius 2 is 1.80 bits per heavy atom. The molecule has 0 amide bonds. The molecule has 2 saturated heterocycles. The maximum atomic E-state index is 3.72. The summed E-state index contributed by atoms with van der Waals surface area (Å²) in [6.07, 6.45) is 5.30. The summed E-state index contributed by atoms with van der Waals surface area (Å²) >= 11 is 0. The molecule has 2 atom stereocenters. The van der Waals surface area contributed by atoms with Gasteiger partial charge < -0.3 is 10.2 Å². The molecule has 0 bridgehead atoms. The van der Waals surface area contributed by atoms with Crippen molar-refractivity contribution in [2.24, 2.45) is 5.92 Å². The zero-order valence-electron chi connectivity index (χ0n) is 14.1. The Balaban J connectivity index is 1.86. The number of nitrogens with one attached hydrogen (secondary N) is 1. The quantitative estimate of drug-likeness (QED) is 0.835. The molecule has 118 valence electrons. The molecule has 0 aliphatic carbocycles. The maximum absolute atomic E-state index is 3.72. The minimum Gasteiger partial charge on any atom is -0.311 e. The van der Waals surface area contributed by atoms with Crippen LogP contribution in [0.5, 0.6) is 0 Å². The van der Waals surface area contributed by atoms with Crippen molar-refractivity contribution in [1.82, 2.24) is 15.1 Å². The number of hydrogen-bond donors (Lipinski definition) is 1. The molecule has 0 saturated carbocycles. The Kier molecular flexibility index (Phi) is 6.31. The van der Waals surface area contributed by atoms with Crippen LogP contribution in [-0.2, 0) is 0 Å². The molecule has 0 aromatic carbocycles. The van der Waals surface area contributed by atoms with Gasteiger partial charge in [0.05, 0.1) is 0 Å². The molecule has 20 heavy (non-hydrogen) atoms. The Bertz CT molecular complexity index is 271. The van der Waals surface area contributed by atoms with Crippen molar-refractivity contribution >= 4 is 0 Å². The fourth-order valence-electron chi connectivity index (χ4n) is 3.94. The average molecular weight is 281 g/mol. The number of nitrogens with zero attached hydrogens (tertiary/aromatic N) is 2. The predicted octanol–water partition coefficient (Wildman–Crippen LogP) is 2.57. The maximum Gasteiger partial charge on any atom is 0.0221 e. The van der Waals surface area contributed by atoms with Gasteiger partial charge >= 0.3 is 0 Å². The van der Waals surface area contributed by atoms with E-state index in [2.05, 4.69) is 42.8 Å². The van der Waals surface area contributed by atoms with Crippen molar-refractivity contribution in [1.29, 1.82) is 0 Å². The predicted molar refractivity (Wildman–Crippen MR) is 87.2 cm³/mol. The van der Waals surface area contributed by atoms with Crippen LogP contribution >= 0.6 is 0 Å². The molecule has 2 aliphatic heterocycles. The largest absolute Gasteiger partial charge is 0.311 e. The lowest BCUT2D eigenvalue weighted by Gasteiger charge is -2.47. The minimum atomic E-state index is 0.714. The van der Waals surface area contributed by atoms with Crippen LogP contribution in [0.3, 0.4) is 0 Å². The normalized spacial score (nSPS) is 31.1. The van der Waals surface area contributed by atoms with E-state index in [9.17, 15) is 0 Å². The molecule has 2 unspecified atom stereocenters. The van der Waals surface area contributed by atoms with Crippen molar-refractivity contribution in [2.75, 3.05) is 32.7 Å². The lowest BCUT2D eigenvalue weighted by Crippen LogP contribution is -2.60. The first kappa shape index (κ1) is 16.3. The molecule has 2 rings (SSSR count). The van der Waals surface area contributed by atoms with E-state index in [0.717, 1.165) is 18.0 Å². The molecule has 2 aliphatic rings. The number of piperazine rings is 1. The zero-order chi connectivity index (χ0) is 14.5. The third-order valence-electron chi connectivity index (χ3n) is 5.16. The second kappa shape index (κ2) is 7.77. The summed E-state index contributed by atoms with van der Waals surface area (Å²) < 4.78 is 0. The van der Waals surface area contributed by atoms with Gasteiger partial charge in [0.25, 0.3) is 0 Å². The van der Waals surface area contributed by atoms with Gasteiger partial charge in [-0.15, -0.1) is 0 Å². The van der Waals surface area contributed by atoms with Crippen LogP contribution in [0.25, 0.3) is 0 Å². The van der Waals surface area contributed by atoms with Crippen molar-refractivity contribution in [3.05, 3.63) is 0 Å². The van der Waals surface area contributed by atoms with E-state index in [-0.39, 0.29) is 0 Å². The van der Waals surface area contributed by atoms with Gasteiger partial charge in [0.1, 0.15) is 0 Å². The monoisotopic (exact) mass is 281 g/mol. The smallest absolute Gasteiger partial charge is 0.0221 e. The van der Waals surface area contributed by atoms with Crippen LogP contribution in [0.15, 0.2) is 0 Å². The molecular formula is C17H35N3. The highest BCUT2D eigenvalue weighted by molar-refractivity contribution is 4.91. The van der Waals surface area contributed by atoms with E-state index in [1.807, 2.05) is 0 Å². The van der Waals surface area contributed by atoms with Crippen molar-refractivity contribution in [3.8, 4) is 0 Å². The summed E-state index contributed by atoms with van der Waals surface area (Å²) in [7, 11) is 0. The standard InChI is InChI=1S/C17H35N3/c1-5-15-13-20(16(6-2)11-18-15)17-7-9-19(10-8-17)12-14(3)4/h14-18H,5-13H2,1-4H3. The van der Waals surface area contributed by atoms with Gasteiger partial charge in [-0.1, -0.05) is 27.7 Å². The third-order valence-corrected chi connectivity index (χ3v) is 5.16. The number of rotatable bonds is 5. The molecule has 1 N–H and O–H groups in total. The van der Waals surface area contributed by atoms with E-state index < -0.39 is 0 Å². The van der Waals surface area contributed by atoms with Crippen LogP contribution < -0.4 is 5.32 Å². The lowest BCUT2D eigenvalue weighted by atomic mass is 9.96. The molecule has 3 nitrogen and oxygen atoms in total. The number of likely N-dealkylation sites (tertiary alicyclic amines) is 1. The summed E-state index contributed by atoms with van der Waals surface area (Å²) in [5, 5.41) is 3.72. The van der Waals surface area contributed by atoms with E-state index >= 15 is 0 Å². The van der Waals surface area contributed by atoms with Crippen molar-refractivity contribution in [3.63, 3.8) is 0 Å². The topological polar surface area (TPSA) is 18.5 Å². The van der Waals surface area contributed by atoms with Crippen LogP contribution in [0.4, 0.5) is 0 Å². The molecule has 3 heteroatoms. The second-order valence-electron chi connectivity index (χ2n) is 7.20. The summed E-state index contributed by atoms with van der Waals surface area (Å²) in [4.78, 5) is 5.51. The van der Waals surface area contributed by atoms with E-state index in [1.165, 1.54) is 58.4 Å². The zero-order valence-corrected chi connectivity index (χ0v) is 14.1. The highest BCUT2D eigenvalue weighted by Gasteiger charge is 2.33. The van der Waals surface area contributed by atoms with Gasteiger partial charge in [-0.25, -0.2) is 0 Å². The third kappa shape index (κ3) is 4.19. The van der Waals surface area contributed by atoms with E-state index in [1.54, 1.807) is 0 Å². The SMILES string of the molecule is CCC1CN(C2CCN(CC(C)C)CC2)C(CC)CN1. The van der Waals surface area contributed by atoms with Gasteiger partial charge in [0, 0.05) is 37.8 Å². The Morgan fingerprint density at radius 3 is 2.35 bits per heavy atom. The van der Waals surface area contributed by atoms with Gasteiger partial charge in [0.2, 0.25) is 0 Å². The molecule has 0 aromatic heterocycles. The summed E-state index contributed by atoms with van der Waals surface area (Å²) in [6.45, 7) is 15.7. The van der Waals surface area contributed by atoms with Crippen molar-refractivity contribution < 1.29 is 0 Å². The number of hydrogen-bond acceptors (Lipinski definition) is 3. The number of piperidine rings is 1. The fraction of sp³-hybridized carbons (Fsp3) is 1.00. The van der Waals surface area contributed by atoms with Crippen LogP contribution in [0.1, 0.15) is 53.4 Å². The van der Waals surface area contributed by atoms with Gasteiger partial charge in [-0.05, 0) is 44.7 Å². The Morgan fingerprint density at radius 1 is 1.10 bits per heavy atom. The first-order valence-electron chi connectivity index (χ1n) is 8.85. The van der Waals surface area contributed by atoms with Crippen LogP contribution in [0, 0.1) is 5.92 Å². The fourth-order valence-corrected chi connectivity index (χ4v) is 3.94. The van der Waals surface area contributed by atoms with Crippen molar-refractivity contribution in [2.45, 2.75) is 71.5 Å². The minimum absolute atomic E-state index is 0.714. The van der Waals surface area contributed by atoms with Gasteiger partial charge in [-0.3, -0.25) is 4.90 Å². The summed E-state index contributed by atoms with van der Waals surface area (Å²) in [6, 6.07) is 2.31. The van der Waals surface area contributed by atoms with E-state index in [0.29, 0.717) is 6.04 Å². The molecule has 0 spiro atoms. The molecule has 2 fully saturated rings. The highest BCUT2D eigenvalue weighted by atomic mass is 15.3. The van der Waals surface area contributed by atoms with E-state index in [4.69, 9.17) is 0 Å². The second-order valence-corrected chi connectivity index (χ2v) is 7.20. The summed E-state index contributed by atoms with van der Waals surface area (Å²) in [5.74, 6) is 0.804. The van der Waals surface area contributed by atoms with Crippen LogP contribution in [0.2, 0.25) is 0 Å². The summed E-state index contributed by atoms with van der Waals surface area (Å²) in [5.41, 5.74) is 0. The Labute approximate surface area is 126 Å². The van der Waals surface area contributed by atoms with Gasteiger partial charge in [-0.2, -0.15) is 0 Å². The molecule has 0 aromatic rings. The molecule has 2 heterocycles. The molecule has 0 radical (unpaired) electrons. The lowest BCUT2D eigenvalue weighted by molar-refractivity contribution is 0.0377.